The number of carbonyl (C=O) groups is 1. The molecule has 4 aliphatic rings. The lowest BCUT2D eigenvalue weighted by atomic mass is 10.0. The molecule has 0 aromatic carbocycles. The first-order chi connectivity index (χ1) is 18.7. The number of nitrogens with zero attached hydrogens (tertiary/aromatic N) is 8. The maximum Gasteiger partial charge on any atom is 0.260 e. The number of carbonyl (C=O) groups excluding carboxylic acids is 1. The van der Waals surface area contributed by atoms with E-state index in [4.69, 9.17) is 14.7 Å². The predicted molar refractivity (Wildman–Crippen MR) is 149 cm³/mol. The van der Waals surface area contributed by atoms with E-state index in [2.05, 4.69) is 52.3 Å². The van der Waals surface area contributed by atoms with Crippen LogP contribution in [0.25, 0.3) is 11.5 Å². The number of morpholine rings is 1. The van der Waals surface area contributed by atoms with E-state index in [-0.39, 0.29) is 29.7 Å². The molecule has 0 aliphatic carbocycles. The second-order valence-electron chi connectivity index (χ2n) is 12.3. The third kappa shape index (κ3) is 3.91. The van der Waals surface area contributed by atoms with E-state index in [1.54, 1.807) is 4.90 Å². The number of hydrogen-bond acceptors (Lipinski definition) is 8. The van der Waals surface area contributed by atoms with E-state index in [0.717, 1.165) is 73.3 Å². The van der Waals surface area contributed by atoms with Crippen LogP contribution in [0.5, 0.6) is 0 Å². The molecular weight excluding hydrogens is 492 g/mol. The summed E-state index contributed by atoms with van der Waals surface area (Å²) in [6, 6.07) is 8.02. The molecule has 7 heterocycles. The minimum Gasteiger partial charge on any atom is -0.371 e. The van der Waals surface area contributed by atoms with Gasteiger partial charge in [-0.3, -0.25) is 9.69 Å². The standard InChI is InChI=1S/C29H36N8O2/c1-17(2)34(5)25-13-20-21(26(31-25)35-14-18-9-10-19(15-35)39-18)16-36(28(20)38)23-8-6-7-22(30-23)27-33-32-24-11-12-29(3,4)37(24)27/h6-8,13,17-19H,9-12,14-16H2,1-5H3. The Labute approximate surface area is 229 Å². The summed E-state index contributed by atoms with van der Waals surface area (Å²) in [6.07, 6.45) is 4.56. The van der Waals surface area contributed by atoms with E-state index in [0.29, 0.717) is 17.9 Å². The van der Waals surface area contributed by atoms with E-state index < -0.39 is 0 Å². The van der Waals surface area contributed by atoms with Crippen LogP contribution in [0.1, 0.15) is 68.7 Å². The number of aryl methyl sites for hydroxylation is 1. The Morgan fingerprint density at radius 2 is 1.87 bits per heavy atom. The molecule has 2 bridgehead atoms. The number of amides is 1. The molecule has 3 aromatic heterocycles. The first-order valence-corrected chi connectivity index (χ1v) is 14.1. The minimum atomic E-state index is -0.0669. The van der Waals surface area contributed by atoms with Crippen LogP contribution >= 0.6 is 0 Å². The highest BCUT2D eigenvalue weighted by Gasteiger charge is 2.40. The molecule has 2 unspecified atom stereocenters. The molecule has 0 spiro atoms. The number of ether oxygens (including phenoxy) is 1. The van der Waals surface area contributed by atoms with Crippen molar-refractivity contribution in [3.8, 4) is 11.5 Å². The van der Waals surface area contributed by atoms with Crippen LogP contribution in [0, 0.1) is 0 Å². The van der Waals surface area contributed by atoms with Gasteiger partial charge in [-0.05, 0) is 65.2 Å². The van der Waals surface area contributed by atoms with Gasteiger partial charge in [0.05, 0.1) is 24.3 Å². The SMILES string of the molecule is CC(C)N(C)c1cc2c(c(N3CC4CCC(C3)O4)n1)CN(c1cccc(-c3nnc4n3C(C)(C)CC4)n1)C2=O. The number of pyridine rings is 2. The number of fused-ring (bicyclic) bond motifs is 4. The Balaban J connectivity index is 1.27. The monoisotopic (exact) mass is 528 g/mol. The van der Waals surface area contributed by atoms with Crippen LogP contribution in [0.15, 0.2) is 24.3 Å². The molecular formula is C29H36N8O2. The van der Waals surface area contributed by atoms with Crippen LogP contribution in [-0.2, 0) is 23.2 Å². The summed E-state index contributed by atoms with van der Waals surface area (Å²) in [5.74, 6) is 4.04. The zero-order valence-corrected chi connectivity index (χ0v) is 23.4. The van der Waals surface area contributed by atoms with E-state index in [1.165, 1.54) is 0 Å². The molecule has 10 heteroatoms. The third-order valence-corrected chi connectivity index (χ3v) is 8.90. The summed E-state index contributed by atoms with van der Waals surface area (Å²) in [7, 11) is 2.03. The van der Waals surface area contributed by atoms with Gasteiger partial charge >= 0.3 is 0 Å². The molecule has 0 N–H and O–H groups in total. The van der Waals surface area contributed by atoms with Crippen LogP contribution in [0.4, 0.5) is 17.5 Å². The summed E-state index contributed by atoms with van der Waals surface area (Å²) in [6.45, 7) is 10.7. The average molecular weight is 529 g/mol. The first-order valence-electron chi connectivity index (χ1n) is 14.1. The highest BCUT2D eigenvalue weighted by Crippen LogP contribution is 2.39. The lowest BCUT2D eigenvalue weighted by molar-refractivity contribution is 0.0302. The van der Waals surface area contributed by atoms with Crippen molar-refractivity contribution in [1.29, 1.82) is 0 Å². The molecule has 10 nitrogen and oxygen atoms in total. The van der Waals surface area contributed by atoms with Crippen molar-refractivity contribution >= 4 is 23.4 Å². The van der Waals surface area contributed by atoms with Crippen LogP contribution in [0.2, 0.25) is 0 Å². The van der Waals surface area contributed by atoms with Crippen molar-refractivity contribution in [1.82, 2.24) is 24.7 Å². The van der Waals surface area contributed by atoms with Gasteiger partial charge in [-0.15, -0.1) is 10.2 Å². The molecule has 4 aliphatic heterocycles. The number of rotatable bonds is 5. The van der Waals surface area contributed by atoms with Crippen LogP contribution < -0.4 is 14.7 Å². The molecule has 0 radical (unpaired) electrons. The third-order valence-electron chi connectivity index (χ3n) is 8.90. The summed E-state index contributed by atoms with van der Waals surface area (Å²) in [5, 5.41) is 8.91. The fourth-order valence-electron chi connectivity index (χ4n) is 6.45. The summed E-state index contributed by atoms with van der Waals surface area (Å²) < 4.78 is 8.31. The topological polar surface area (TPSA) is 92.5 Å². The Hall–Kier alpha value is -3.53. The zero-order chi connectivity index (χ0) is 27.1. The second-order valence-corrected chi connectivity index (χ2v) is 12.3. The van der Waals surface area contributed by atoms with Gasteiger partial charge in [0.1, 0.15) is 29.0 Å². The lowest BCUT2D eigenvalue weighted by Crippen LogP contribution is -2.43. The molecule has 3 aromatic rings. The van der Waals surface area contributed by atoms with Gasteiger partial charge in [-0.1, -0.05) is 6.07 Å². The fraction of sp³-hybridized carbons (Fsp3) is 0.552. The molecule has 39 heavy (non-hydrogen) atoms. The van der Waals surface area contributed by atoms with Gasteiger partial charge in [-0.25, -0.2) is 9.97 Å². The lowest BCUT2D eigenvalue weighted by Gasteiger charge is -2.35. The van der Waals surface area contributed by atoms with Gasteiger partial charge in [0.15, 0.2) is 5.82 Å². The summed E-state index contributed by atoms with van der Waals surface area (Å²) >= 11 is 0. The van der Waals surface area contributed by atoms with Crippen molar-refractivity contribution < 1.29 is 9.53 Å². The van der Waals surface area contributed by atoms with Crippen LogP contribution in [-0.4, -0.2) is 69.0 Å². The van der Waals surface area contributed by atoms with Gasteiger partial charge in [0, 0.05) is 43.7 Å². The summed E-state index contributed by atoms with van der Waals surface area (Å²) in [5.41, 5.74) is 2.34. The first kappa shape index (κ1) is 24.5. The van der Waals surface area contributed by atoms with Crippen LogP contribution in [0.3, 0.4) is 0 Å². The van der Waals surface area contributed by atoms with Crippen molar-refractivity contribution in [2.24, 2.45) is 0 Å². The van der Waals surface area contributed by atoms with Crippen molar-refractivity contribution in [3.63, 3.8) is 0 Å². The Morgan fingerprint density at radius 1 is 1.10 bits per heavy atom. The predicted octanol–water partition coefficient (Wildman–Crippen LogP) is 3.79. The summed E-state index contributed by atoms with van der Waals surface area (Å²) in [4.78, 5) is 30.3. The second kappa shape index (κ2) is 8.74. The highest BCUT2D eigenvalue weighted by atomic mass is 16.5. The molecule has 204 valence electrons. The number of anilines is 3. The quantitative estimate of drug-likeness (QED) is 0.494. The van der Waals surface area contributed by atoms with Crippen molar-refractivity contribution in [3.05, 3.63) is 41.2 Å². The van der Waals surface area contributed by atoms with Crippen molar-refractivity contribution in [2.75, 3.05) is 34.8 Å². The molecule has 1 amide bonds. The maximum absolute atomic E-state index is 14.0. The molecule has 0 saturated carbocycles. The minimum absolute atomic E-state index is 0.0419. The maximum atomic E-state index is 14.0. The van der Waals surface area contributed by atoms with Gasteiger partial charge in [0.2, 0.25) is 0 Å². The zero-order valence-electron chi connectivity index (χ0n) is 23.4. The Morgan fingerprint density at radius 3 is 2.62 bits per heavy atom. The van der Waals surface area contributed by atoms with E-state index in [9.17, 15) is 4.79 Å². The van der Waals surface area contributed by atoms with Gasteiger partial charge in [-0.2, -0.15) is 0 Å². The largest absolute Gasteiger partial charge is 0.371 e. The molecule has 7 rings (SSSR count). The molecule has 2 saturated heterocycles. The smallest absolute Gasteiger partial charge is 0.260 e. The highest BCUT2D eigenvalue weighted by molar-refractivity contribution is 6.11. The Bertz CT molecular complexity index is 1450. The Kier molecular flexibility index (Phi) is 5.49. The van der Waals surface area contributed by atoms with Gasteiger partial charge in [0.25, 0.3) is 5.91 Å². The number of aromatic nitrogens is 5. The van der Waals surface area contributed by atoms with Gasteiger partial charge < -0.3 is 19.1 Å². The number of hydrogen-bond donors (Lipinski definition) is 0. The molecule has 2 atom stereocenters. The van der Waals surface area contributed by atoms with Crippen molar-refractivity contribution in [2.45, 2.75) is 83.7 Å². The van der Waals surface area contributed by atoms with E-state index >= 15 is 0 Å². The van der Waals surface area contributed by atoms with E-state index in [1.807, 2.05) is 31.3 Å². The fourth-order valence-corrected chi connectivity index (χ4v) is 6.45. The normalized spacial score (nSPS) is 23.1. The average Bonchev–Trinajstić information content (AvgIpc) is 3.67. The molecule has 2 fully saturated rings.